The van der Waals surface area contributed by atoms with Crippen molar-refractivity contribution in [3.05, 3.63) is 52.1 Å². The number of hydrogen-bond donors (Lipinski definition) is 1. The monoisotopic (exact) mass is 351 g/mol. The van der Waals surface area contributed by atoms with E-state index in [2.05, 4.69) is 27.8 Å². The van der Waals surface area contributed by atoms with E-state index in [4.69, 9.17) is 5.11 Å². The third-order valence-electron chi connectivity index (χ3n) is 2.63. The van der Waals surface area contributed by atoms with Gasteiger partial charge in [-0.1, -0.05) is 47.1 Å². The Kier molecular flexibility index (Phi) is 5.20. The molecule has 3 nitrogen and oxygen atoms in total. The van der Waals surface area contributed by atoms with Gasteiger partial charge in [-0.3, -0.25) is 0 Å². The Hall–Kier alpha value is -1.33. The summed E-state index contributed by atoms with van der Waals surface area (Å²) in [7, 11) is 0. The van der Waals surface area contributed by atoms with E-state index in [9.17, 15) is 4.79 Å². The Labute approximate surface area is 130 Å². The van der Waals surface area contributed by atoms with Gasteiger partial charge < -0.3 is 5.11 Å². The highest BCUT2D eigenvalue weighted by atomic mass is 79.9. The van der Waals surface area contributed by atoms with E-state index in [0.717, 1.165) is 27.9 Å². The minimum absolute atomic E-state index is 0.293. The molecule has 0 unspecified atom stereocenters. The number of rotatable bonds is 5. The molecule has 0 radical (unpaired) electrons. The Morgan fingerprint density at radius 1 is 1.35 bits per heavy atom. The molecule has 1 aromatic carbocycles. The van der Waals surface area contributed by atoms with Crippen LogP contribution in [0.2, 0.25) is 0 Å². The summed E-state index contributed by atoms with van der Waals surface area (Å²) >= 11 is 4.89. The molecule has 2 aromatic rings. The third-order valence-corrected chi connectivity index (χ3v) is 4.03. The highest BCUT2D eigenvalue weighted by Crippen LogP contribution is 2.29. The van der Waals surface area contributed by atoms with Crippen molar-refractivity contribution in [2.45, 2.75) is 29.7 Å². The summed E-state index contributed by atoms with van der Waals surface area (Å²) in [5.74, 6) is -0.916. The number of aromatic carboxylic acids is 1. The zero-order chi connectivity index (χ0) is 14.5. The normalized spacial score (nSPS) is 10.5. The number of hydrogen-bond acceptors (Lipinski definition) is 3. The first-order valence-electron chi connectivity index (χ1n) is 6.26. The Balaban J connectivity index is 2.32. The summed E-state index contributed by atoms with van der Waals surface area (Å²) in [6.45, 7) is 2.05. The first-order valence-corrected chi connectivity index (χ1v) is 7.87. The van der Waals surface area contributed by atoms with Crippen molar-refractivity contribution in [2.75, 3.05) is 0 Å². The number of carboxylic acid groups (broad SMARTS) is 1. The minimum Gasteiger partial charge on any atom is -0.478 e. The van der Waals surface area contributed by atoms with Gasteiger partial charge in [-0.15, -0.1) is 0 Å². The van der Waals surface area contributed by atoms with E-state index >= 15 is 0 Å². The molecule has 0 aliphatic rings. The topological polar surface area (TPSA) is 50.2 Å². The summed E-state index contributed by atoms with van der Waals surface area (Å²) in [4.78, 5) is 16.7. The minimum atomic E-state index is -0.916. The molecular formula is C15H14BrNO2S. The molecule has 20 heavy (non-hydrogen) atoms. The molecule has 2 rings (SSSR count). The van der Waals surface area contributed by atoms with Crippen molar-refractivity contribution in [3.8, 4) is 0 Å². The van der Waals surface area contributed by atoms with Crippen molar-refractivity contribution in [2.24, 2.45) is 0 Å². The summed E-state index contributed by atoms with van der Waals surface area (Å²) < 4.78 is 0.991. The van der Waals surface area contributed by atoms with Crippen LogP contribution in [-0.2, 0) is 6.42 Å². The maximum absolute atomic E-state index is 11.2. The zero-order valence-corrected chi connectivity index (χ0v) is 13.4. The van der Waals surface area contributed by atoms with Gasteiger partial charge in [-0.25, -0.2) is 9.78 Å². The van der Waals surface area contributed by atoms with E-state index in [1.807, 2.05) is 24.3 Å². The van der Waals surface area contributed by atoms with Gasteiger partial charge in [0.1, 0.15) is 5.03 Å². The summed E-state index contributed by atoms with van der Waals surface area (Å²) in [5.41, 5.74) is 1.12. The van der Waals surface area contributed by atoms with Gasteiger partial charge >= 0.3 is 5.97 Å². The van der Waals surface area contributed by atoms with Gasteiger partial charge in [0.2, 0.25) is 0 Å². The molecular weight excluding hydrogens is 338 g/mol. The molecule has 0 saturated carbocycles. The first-order chi connectivity index (χ1) is 9.58. The van der Waals surface area contributed by atoms with Crippen LogP contribution in [0.15, 0.2) is 50.8 Å². The summed E-state index contributed by atoms with van der Waals surface area (Å²) in [6, 6.07) is 11.1. The van der Waals surface area contributed by atoms with Crippen molar-refractivity contribution < 1.29 is 9.90 Å². The fraction of sp³-hybridized carbons (Fsp3) is 0.200. The highest BCUT2D eigenvalue weighted by Gasteiger charge is 2.09. The Morgan fingerprint density at radius 3 is 2.80 bits per heavy atom. The average Bonchev–Trinajstić information content (AvgIpc) is 2.38. The van der Waals surface area contributed by atoms with Gasteiger partial charge in [0, 0.05) is 15.1 Å². The Morgan fingerprint density at radius 2 is 2.15 bits per heavy atom. The molecule has 0 amide bonds. The maximum Gasteiger partial charge on any atom is 0.335 e. The lowest BCUT2D eigenvalue weighted by atomic mass is 10.2. The molecule has 0 fully saturated rings. The molecule has 0 saturated heterocycles. The molecule has 1 heterocycles. The van der Waals surface area contributed by atoms with Crippen LogP contribution in [0, 0.1) is 0 Å². The number of benzene rings is 1. The van der Waals surface area contributed by atoms with Crippen LogP contribution in [0.4, 0.5) is 0 Å². The lowest BCUT2D eigenvalue weighted by molar-refractivity contribution is 0.0696. The van der Waals surface area contributed by atoms with Crippen LogP contribution < -0.4 is 0 Å². The van der Waals surface area contributed by atoms with Crippen LogP contribution in [-0.4, -0.2) is 16.1 Å². The number of carbonyl (C=O) groups is 1. The molecule has 0 atom stereocenters. The van der Waals surface area contributed by atoms with Crippen molar-refractivity contribution in [1.82, 2.24) is 4.98 Å². The predicted octanol–water partition coefficient (Wildman–Crippen LogP) is 4.65. The first kappa shape index (κ1) is 15.1. The lowest BCUT2D eigenvalue weighted by Crippen LogP contribution is -2.01. The molecule has 1 N–H and O–H groups in total. The second kappa shape index (κ2) is 6.90. The van der Waals surface area contributed by atoms with Gasteiger partial charge in [0.05, 0.1) is 5.56 Å². The summed E-state index contributed by atoms with van der Waals surface area (Å²) in [5, 5.41) is 9.88. The largest absolute Gasteiger partial charge is 0.478 e. The standard InChI is InChI=1S/C15H14BrNO2S/c1-2-4-12-7-10(15(18)19)8-14(17-12)20-13-6-3-5-11(16)9-13/h3,5-9H,2,4H2,1H3,(H,18,19). The van der Waals surface area contributed by atoms with Gasteiger partial charge in [0.25, 0.3) is 0 Å². The maximum atomic E-state index is 11.2. The van der Waals surface area contributed by atoms with Gasteiger partial charge in [0.15, 0.2) is 0 Å². The molecule has 104 valence electrons. The lowest BCUT2D eigenvalue weighted by Gasteiger charge is -2.06. The van der Waals surface area contributed by atoms with Crippen LogP contribution >= 0.6 is 27.7 Å². The quantitative estimate of drug-likeness (QED) is 0.851. The second-order valence-corrected chi connectivity index (χ2v) is 6.31. The molecule has 0 aliphatic carbocycles. The number of aryl methyl sites for hydroxylation is 1. The van der Waals surface area contributed by atoms with E-state index in [0.29, 0.717) is 10.6 Å². The second-order valence-electron chi connectivity index (χ2n) is 4.30. The smallest absolute Gasteiger partial charge is 0.335 e. The molecule has 0 bridgehead atoms. The van der Waals surface area contributed by atoms with Crippen molar-refractivity contribution in [3.63, 3.8) is 0 Å². The number of nitrogens with zero attached hydrogens (tertiary/aromatic N) is 1. The highest BCUT2D eigenvalue weighted by molar-refractivity contribution is 9.10. The van der Waals surface area contributed by atoms with Crippen molar-refractivity contribution in [1.29, 1.82) is 0 Å². The summed E-state index contributed by atoms with van der Waals surface area (Å²) in [6.07, 6.45) is 1.73. The van der Waals surface area contributed by atoms with E-state index < -0.39 is 5.97 Å². The molecule has 1 aromatic heterocycles. The molecule has 5 heteroatoms. The fourth-order valence-electron chi connectivity index (χ4n) is 1.77. The molecule has 0 aliphatic heterocycles. The fourth-order valence-corrected chi connectivity index (χ4v) is 3.25. The average molecular weight is 352 g/mol. The van der Waals surface area contributed by atoms with Gasteiger partial charge in [-0.05, 0) is 36.8 Å². The predicted molar refractivity (Wildman–Crippen MR) is 83.5 cm³/mol. The third kappa shape index (κ3) is 4.08. The van der Waals surface area contributed by atoms with Crippen LogP contribution in [0.1, 0.15) is 29.4 Å². The Bertz CT molecular complexity index is 631. The van der Waals surface area contributed by atoms with Crippen LogP contribution in [0.5, 0.6) is 0 Å². The molecule has 0 spiro atoms. The van der Waals surface area contributed by atoms with Gasteiger partial charge in [-0.2, -0.15) is 0 Å². The van der Waals surface area contributed by atoms with E-state index in [-0.39, 0.29) is 0 Å². The SMILES string of the molecule is CCCc1cc(C(=O)O)cc(Sc2cccc(Br)c2)n1. The number of carboxylic acids is 1. The number of halogens is 1. The van der Waals surface area contributed by atoms with Crippen LogP contribution in [0.25, 0.3) is 0 Å². The van der Waals surface area contributed by atoms with Crippen LogP contribution in [0.3, 0.4) is 0 Å². The number of aromatic nitrogens is 1. The number of pyridine rings is 1. The van der Waals surface area contributed by atoms with E-state index in [1.165, 1.54) is 11.8 Å². The van der Waals surface area contributed by atoms with Crippen molar-refractivity contribution >= 4 is 33.7 Å². The zero-order valence-electron chi connectivity index (χ0n) is 11.0. The van der Waals surface area contributed by atoms with E-state index in [1.54, 1.807) is 12.1 Å².